The Morgan fingerprint density at radius 1 is 1.44 bits per heavy atom. The van der Waals surface area contributed by atoms with Crippen molar-refractivity contribution in [1.82, 2.24) is 10.6 Å². The first-order valence-corrected chi connectivity index (χ1v) is 8.11. The number of carbonyl (C=O) groups excluding carboxylic acids is 1. The quantitative estimate of drug-likeness (QED) is 0.650. The molecular weight excluding hydrogens is 248 g/mol. The first kappa shape index (κ1) is 15.6. The van der Waals surface area contributed by atoms with Crippen molar-refractivity contribution in [2.24, 2.45) is 0 Å². The second-order valence-electron chi connectivity index (χ2n) is 4.96. The van der Waals surface area contributed by atoms with Gasteiger partial charge in [-0.1, -0.05) is 19.8 Å². The molecule has 1 rings (SSSR count). The lowest BCUT2D eigenvalue weighted by Crippen LogP contribution is -2.50. The van der Waals surface area contributed by atoms with Gasteiger partial charge in [-0.2, -0.15) is 11.8 Å². The van der Waals surface area contributed by atoms with Crippen LogP contribution in [0.25, 0.3) is 0 Å². The molecule has 0 aromatic heterocycles. The zero-order valence-electron chi connectivity index (χ0n) is 11.4. The molecule has 1 saturated carbocycles. The molecule has 2 amide bonds. The van der Waals surface area contributed by atoms with Crippen molar-refractivity contribution in [3.63, 3.8) is 0 Å². The molecule has 1 aliphatic carbocycles. The predicted molar refractivity (Wildman–Crippen MR) is 77.0 cm³/mol. The van der Waals surface area contributed by atoms with Gasteiger partial charge in [-0.3, -0.25) is 0 Å². The predicted octanol–water partition coefficient (Wildman–Crippen LogP) is 2.12. The fourth-order valence-electron chi connectivity index (χ4n) is 2.19. The monoisotopic (exact) mass is 274 g/mol. The van der Waals surface area contributed by atoms with E-state index in [9.17, 15) is 9.90 Å². The van der Waals surface area contributed by atoms with Gasteiger partial charge in [0.2, 0.25) is 0 Å². The lowest BCUT2D eigenvalue weighted by Gasteiger charge is -2.29. The van der Waals surface area contributed by atoms with Crippen molar-refractivity contribution in [3.05, 3.63) is 0 Å². The van der Waals surface area contributed by atoms with Crippen LogP contribution < -0.4 is 10.6 Å². The Labute approximate surface area is 114 Å². The third kappa shape index (κ3) is 5.96. The Morgan fingerprint density at radius 2 is 2.17 bits per heavy atom. The van der Waals surface area contributed by atoms with Crippen molar-refractivity contribution < 1.29 is 9.90 Å². The van der Waals surface area contributed by atoms with E-state index in [1.165, 1.54) is 0 Å². The Bertz CT molecular complexity index is 251. The molecule has 0 heterocycles. The number of hydrogen-bond acceptors (Lipinski definition) is 3. The number of hydrogen-bond donors (Lipinski definition) is 3. The Kier molecular flexibility index (Phi) is 7.51. The van der Waals surface area contributed by atoms with E-state index in [2.05, 4.69) is 17.6 Å². The minimum absolute atomic E-state index is 0.0732. The minimum atomic E-state index is -0.379. The summed E-state index contributed by atoms with van der Waals surface area (Å²) in [7, 11) is 0. The van der Waals surface area contributed by atoms with Gasteiger partial charge in [0.15, 0.2) is 0 Å². The lowest BCUT2D eigenvalue weighted by atomic mass is 9.93. The summed E-state index contributed by atoms with van der Waals surface area (Å²) >= 11 is 1.89. The highest BCUT2D eigenvalue weighted by molar-refractivity contribution is 7.99. The molecule has 4 nitrogen and oxygen atoms in total. The number of rotatable bonds is 6. The maximum atomic E-state index is 11.8. The fraction of sp³-hybridized carbons (Fsp3) is 0.923. The van der Waals surface area contributed by atoms with Crippen molar-refractivity contribution in [2.45, 2.75) is 64.1 Å². The van der Waals surface area contributed by atoms with E-state index in [4.69, 9.17) is 0 Å². The van der Waals surface area contributed by atoms with E-state index < -0.39 is 0 Å². The van der Waals surface area contributed by atoms with Crippen molar-refractivity contribution in [2.75, 3.05) is 11.5 Å². The number of nitrogens with one attached hydrogen (secondary N) is 2. The Hall–Kier alpha value is -0.420. The van der Waals surface area contributed by atoms with Crippen LogP contribution in [0.5, 0.6) is 0 Å². The third-order valence-corrected chi connectivity index (χ3v) is 4.26. The van der Waals surface area contributed by atoms with Crippen LogP contribution in [-0.4, -0.2) is 40.8 Å². The summed E-state index contributed by atoms with van der Waals surface area (Å²) < 4.78 is 0. The average Bonchev–Trinajstić information content (AvgIpc) is 2.32. The Balaban J connectivity index is 2.19. The summed E-state index contributed by atoms with van der Waals surface area (Å²) in [6.07, 6.45) is 4.44. The van der Waals surface area contributed by atoms with E-state index >= 15 is 0 Å². The van der Waals surface area contributed by atoms with Crippen molar-refractivity contribution >= 4 is 17.8 Å². The maximum absolute atomic E-state index is 11.8. The molecule has 0 spiro atoms. The minimum Gasteiger partial charge on any atom is -0.391 e. The molecule has 18 heavy (non-hydrogen) atoms. The number of amides is 2. The van der Waals surface area contributed by atoms with Crippen LogP contribution in [0.4, 0.5) is 4.79 Å². The molecule has 0 bridgehead atoms. The van der Waals surface area contributed by atoms with Gasteiger partial charge in [0.25, 0.3) is 0 Å². The van der Waals surface area contributed by atoms with Crippen molar-refractivity contribution in [1.29, 1.82) is 0 Å². The number of thioether (sulfide) groups is 1. The van der Waals surface area contributed by atoms with Gasteiger partial charge in [-0.05, 0) is 37.7 Å². The summed E-state index contributed by atoms with van der Waals surface area (Å²) in [5.74, 6) is 2.19. The van der Waals surface area contributed by atoms with Crippen LogP contribution >= 0.6 is 11.8 Å². The SMILES string of the molecule is CCSCC[C@@H](C)NC(=O)N[C@@H]1CCCC[C@@H]1O. The zero-order chi connectivity index (χ0) is 13.4. The van der Waals surface area contributed by atoms with Gasteiger partial charge in [-0.15, -0.1) is 0 Å². The summed E-state index contributed by atoms with van der Waals surface area (Å²) in [5.41, 5.74) is 0. The zero-order valence-corrected chi connectivity index (χ0v) is 12.3. The van der Waals surface area contributed by atoms with Gasteiger partial charge < -0.3 is 15.7 Å². The molecule has 1 aliphatic rings. The number of aliphatic hydroxyl groups is 1. The van der Waals surface area contributed by atoms with Crippen LogP contribution in [0.3, 0.4) is 0 Å². The van der Waals surface area contributed by atoms with Gasteiger partial charge in [0.1, 0.15) is 0 Å². The van der Waals surface area contributed by atoms with Gasteiger partial charge in [0, 0.05) is 6.04 Å². The van der Waals surface area contributed by atoms with Crippen molar-refractivity contribution in [3.8, 4) is 0 Å². The normalized spacial score (nSPS) is 25.5. The topological polar surface area (TPSA) is 61.4 Å². The molecule has 3 atom stereocenters. The second kappa shape index (κ2) is 8.64. The molecule has 0 saturated heterocycles. The molecule has 0 aliphatic heterocycles. The standard InChI is InChI=1S/C13H26N2O2S/c1-3-18-9-8-10(2)14-13(17)15-11-6-4-5-7-12(11)16/h10-12,16H,3-9H2,1-2H3,(H2,14,15,17)/t10-,11-,12+/m1/s1. The maximum Gasteiger partial charge on any atom is 0.315 e. The second-order valence-corrected chi connectivity index (χ2v) is 6.36. The molecule has 3 N–H and O–H groups in total. The highest BCUT2D eigenvalue weighted by atomic mass is 32.2. The smallest absolute Gasteiger partial charge is 0.315 e. The Morgan fingerprint density at radius 3 is 2.83 bits per heavy atom. The van der Waals surface area contributed by atoms with Gasteiger partial charge >= 0.3 is 6.03 Å². The molecule has 0 unspecified atom stereocenters. The molecule has 106 valence electrons. The molecule has 1 fully saturated rings. The molecule has 0 aromatic carbocycles. The first-order valence-electron chi connectivity index (χ1n) is 6.96. The van der Waals surface area contributed by atoms with Crippen LogP contribution in [0.1, 0.15) is 46.0 Å². The van der Waals surface area contributed by atoms with E-state index in [0.29, 0.717) is 0 Å². The highest BCUT2D eigenvalue weighted by Crippen LogP contribution is 2.18. The van der Waals surface area contributed by atoms with Crippen LogP contribution in [0.2, 0.25) is 0 Å². The van der Waals surface area contributed by atoms with Crippen LogP contribution in [0.15, 0.2) is 0 Å². The van der Waals surface area contributed by atoms with Gasteiger partial charge in [0.05, 0.1) is 12.1 Å². The summed E-state index contributed by atoms with van der Waals surface area (Å²) in [6.45, 7) is 4.16. The van der Waals surface area contributed by atoms with E-state index in [1.807, 2.05) is 18.7 Å². The van der Waals surface area contributed by atoms with E-state index in [0.717, 1.165) is 43.6 Å². The molecule has 0 radical (unpaired) electrons. The molecule has 5 heteroatoms. The van der Waals surface area contributed by atoms with Crippen LogP contribution in [0, 0.1) is 0 Å². The summed E-state index contributed by atoms with van der Waals surface area (Å²) in [6, 6.07) is -0.0318. The van der Waals surface area contributed by atoms with Gasteiger partial charge in [-0.25, -0.2) is 4.79 Å². The lowest BCUT2D eigenvalue weighted by molar-refractivity contribution is 0.0941. The van der Waals surface area contributed by atoms with E-state index in [-0.39, 0.29) is 24.2 Å². The average molecular weight is 274 g/mol. The number of carbonyl (C=O) groups is 1. The summed E-state index contributed by atoms with van der Waals surface area (Å²) in [5, 5.41) is 15.6. The summed E-state index contributed by atoms with van der Waals surface area (Å²) in [4.78, 5) is 11.8. The number of urea groups is 1. The first-order chi connectivity index (χ1) is 8.63. The third-order valence-electron chi connectivity index (χ3n) is 3.32. The largest absolute Gasteiger partial charge is 0.391 e. The molecule has 0 aromatic rings. The van der Waals surface area contributed by atoms with E-state index in [1.54, 1.807) is 0 Å². The number of aliphatic hydroxyl groups excluding tert-OH is 1. The fourth-order valence-corrected chi connectivity index (χ4v) is 3.00. The van der Waals surface area contributed by atoms with Crippen LogP contribution in [-0.2, 0) is 0 Å². The highest BCUT2D eigenvalue weighted by Gasteiger charge is 2.24. The molecular formula is C13H26N2O2S.